The quantitative estimate of drug-likeness (QED) is 0.223. The second-order valence-corrected chi connectivity index (χ2v) is 3.10. The van der Waals surface area contributed by atoms with Crippen LogP contribution < -0.4 is 0 Å². The SMILES string of the molecule is C=CC(=O)O.O=CC(=O)O.OCCCC(CO)CO. The van der Waals surface area contributed by atoms with Crippen molar-refractivity contribution < 1.29 is 39.9 Å². The molecule has 0 heterocycles. The van der Waals surface area contributed by atoms with Crippen LogP contribution >= 0.6 is 0 Å². The van der Waals surface area contributed by atoms with Crippen LogP contribution in [0.1, 0.15) is 12.8 Å². The van der Waals surface area contributed by atoms with Gasteiger partial charge in [-0.2, -0.15) is 0 Å². The van der Waals surface area contributed by atoms with Crippen molar-refractivity contribution in [3.63, 3.8) is 0 Å². The molecular weight excluding hydrogens is 260 g/mol. The maximum absolute atomic E-state index is 9.25. The van der Waals surface area contributed by atoms with E-state index in [4.69, 9.17) is 35.1 Å². The van der Waals surface area contributed by atoms with Crippen LogP contribution in [0.2, 0.25) is 0 Å². The van der Waals surface area contributed by atoms with Gasteiger partial charge in [-0.05, 0) is 12.8 Å². The summed E-state index contributed by atoms with van der Waals surface area (Å²) >= 11 is 0. The first kappa shape index (κ1) is 22.4. The first-order valence-corrected chi connectivity index (χ1v) is 5.25. The van der Waals surface area contributed by atoms with Crippen molar-refractivity contribution in [3.05, 3.63) is 12.7 Å². The minimum atomic E-state index is -1.43. The predicted molar refractivity (Wildman–Crippen MR) is 65.5 cm³/mol. The summed E-state index contributed by atoms with van der Waals surface area (Å²) in [6.07, 6.45) is 2.02. The Bertz CT molecular complexity index is 229. The standard InChI is InChI=1S/C6H14O3.C3H4O2.C2H2O3/c7-3-1-2-6(4-8)5-9;1-2-3(4)5;3-1-2(4)5/h6-9H,1-5H2;2H,1H2,(H,4,5);1H,(H,4,5). The first-order chi connectivity index (χ1) is 8.89. The van der Waals surface area contributed by atoms with Gasteiger partial charge in [-0.15, -0.1) is 0 Å². The predicted octanol–water partition coefficient (Wildman–Crippen LogP) is -1.11. The van der Waals surface area contributed by atoms with Gasteiger partial charge in [0.1, 0.15) is 0 Å². The van der Waals surface area contributed by atoms with E-state index in [9.17, 15) is 4.79 Å². The summed E-state index contributed by atoms with van der Waals surface area (Å²) in [5.74, 6) is -2.45. The summed E-state index contributed by atoms with van der Waals surface area (Å²) < 4.78 is 0. The van der Waals surface area contributed by atoms with Gasteiger partial charge >= 0.3 is 11.9 Å². The van der Waals surface area contributed by atoms with Gasteiger partial charge in [0.05, 0.1) is 0 Å². The molecule has 0 aliphatic heterocycles. The van der Waals surface area contributed by atoms with Gasteiger partial charge in [0.15, 0.2) is 0 Å². The highest BCUT2D eigenvalue weighted by Gasteiger charge is 2.03. The van der Waals surface area contributed by atoms with Crippen LogP contribution in [0.4, 0.5) is 0 Å². The fourth-order valence-electron chi connectivity index (χ4n) is 0.620. The molecule has 0 bridgehead atoms. The number of aliphatic hydroxyl groups is 3. The molecule has 0 atom stereocenters. The lowest BCUT2D eigenvalue weighted by molar-refractivity contribution is -0.143. The van der Waals surface area contributed by atoms with E-state index in [0.29, 0.717) is 12.8 Å². The molecule has 5 N–H and O–H groups in total. The number of carboxylic acids is 2. The second-order valence-electron chi connectivity index (χ2n) is 3.10. The molecule has 0 rings (SSSR count). The Kier molecular flexibility index (Phi) is 21.9. The van der Waals surface area contributed by atoms with Crippen LogP contribution in [0, 0.1) is 5.92 Å². The van der Waals surface area contributed by atoms with Gasteiger partial charge in [0, 0.05) is 31.8 Å². The zero-order valence-corrected chi connectivity index (χ0v) is 10.4. The topological polar surface area (TPSA) is 152 Å². The maximum atomic E-state index is 9.25. The number of aliphatic carboxylic acids is 2. The Balaban J connectivity index is -0.000000219. The van der Waals surface area contributed by atoms with Gasteiger partial charge in [-0.1, -0.05) is 6.58 Å². The average molecular weight is 280 g/mol. The molecule has 0 saturated heterocycles. The van der Waals surface area contributed by atoms with Gasteiger partial charge in [0.25, 0.3) is 0 Å². The summed E-state index contributed by atoms with van der Waals surface area (Å²) in [5.41, 5.74) is 0. The minimum Gasteiger partial charge on any atom is -0.478 e. The number of hydrogen-bond donors (Lipinski definition) is 5. The van der Waals surface area contributed by atoms with Crippen molar-refractivity contribution in [3.8, 4) is 0 Å². The molecule has 112 valence electrons. The summed E-state index contributed by atoms with van der Waals surface area (Å²) in [6, 6.07) is 0. The van der Waals surface area contributed by atoms with Crippen LogP contribution in [0.15, 0.2) is 12.7 Å². The molecule has 0 aliphatic rings. The van der Waals surface area contributed by atoms with Crippen molar-refractivity contribution in [1.82, 2.24) is 0 Å². The fraction of sp³-hybridized carbons (Fsp3) is 0.545. The lowest BCUT2D eigenvalue weighted by atomic mass is 10.1. The normalized spacial score (nSPS) is 8.42. The van der Waals surface area contributed by atoms with E-state index in [1.807, 2.05) is 0 Å². The highest BCUT2D eigenvalue weighted by Crippen LogP contribution is 2.02. The number of aldehydes is 1. The van der Waals surface area contributed by atoms with E-state index in [0.717, 1.165) is 6.08 Å². The van der Waals surface area contributed by atoms with Crippen LogP contribution in [0.5, 0.6) is 0 Å². The molecule has 0 saturated carbocycles. The van der Waals surface area contributed by atoms with Crippen molar-refractivity contribution in [2.24, 2.45) is 5.92 Å². The molecule has 0 amide bonds. The third-order valence-corrected chi connectivity index (χ3v) is 1.56. The van der Waals surface area contributed by atoms with E-state index in [1.165, 1.54) is 0 Å². The molecule has 0 aromatic heterocycles. The van der Waals surface area contributed by atoms with Crippen LogP contribution in [-0.2, 0) is 14.4 Å². The molecule has 0 spiro atoms. The van der Waals surface area contributed by atoms with E-state index in [-0.39, 0.29) is 32.0 Å². The molecule has 19 heavy (non-hydrogen) atoms. The average Bonchev–Trinajstić information content (AvgIpc) is 2.41. The smallest absolute Gasteiger partial charge is 0.368 e. The Morgan fingerprint density at radius 2 is 1.42 bits per heavy atom. The van der Waals surface area contributed by atoms with E-state index < -0.39 is 11.9 Å². The zero-order valence-electron chi connectivity index (χ0n) is 10.4. The van der Waals surface area contributed by atoms with Crippen molar-refractivity contribution in [2.45, 2.75) is 12.8 Å². The number of carbonyl (C=O) groups excluding carboxylic acids is 1. The third kappa shape index (κ3) is 31.4. The Labute approximate surface area is 110 Å². The maximum Gasteiger partial charge on any atom is 0.368 e. The van der Waals surface area contributed by atoms with Gasteiger partial charge in [-0.25, -0.2) is 9.59 Å². The highest BCUT2D eigenvalue weighted by molar-refractivity contribution is 6.19. The second kappa shape index (κ2) is 18.6. The number of hydrogen-bond acceptors (Lipinski definition) is 6. The fourth-order valence-corrected chi connectivity index (χ4v) is 0.620. The summed E-state index contributed by atoms with van der Waals surface area (Å²) in [5, 5.41) is 40.3. The molecule has 0 radical (unpaired) electrons. The van der Waals surface area contributed by atoms with E-state index in [2.05, 4.69) is 6.58 Å². The number of rotatable bonds is 7. The molecule has 0 aromatic rings. The Hall–Kier alpha value is -1.77. The first-order valence-electron chi connectivity index (χ1n) is 5.25. The van der Waals surface area contributed by atoms with Crippen molar-refractivity contribution in [2.75, 3.05) is 19.8 Å². The zero-order chi connectivity index (χ0) is 15.7. The minimum absolute atomic E-state index is 0.0104. The van der Waals surface area contributed by atoms with Gasteiger partial charge in [0.2, 0.25) is 6.29 Å². The molecule has 0 fully saturated rings. The van der Waals surface area contributed by atoms with Gasteiger partial charge in [-0.3, -0.25) is 4.79 Å². The highest BCUT2D eigenvalue weighted by atomic mass is 16.4. The number of aliphatic hydroxyl groups excluding tert-OH is 3. The van der Waals surface area contributed by atoms with Gasteiger partial charge < -0.3 is 25.5 Å². The summed E-state index contributed by atoms with van der Waals surface area (Å²) in [4.78, 5) is 27.2. The van der Waals surface area contributed by atoms with E-state index in [1.54, 1.807) is 0 Å². The lowest BCUT2D eigenvalue weighted by Gasteiger charge is -2.07. The van der Waals surface area contributed by atoms with Crippen molar-refractivity contribution in [1.29, 1.82) is 0 Å². The third-order valence-electron chi connectivity index (χ3n) is 1.56. The van der Waals surface area contributed by atoms with Crippen LogP contribution in [-0.4, -0.2) is 63.6 Å². The van der Waals surface area contributed by atoms with Crippen LogP contribution in [0.3, 0.4) is 0 Å². The van der Waals surface area contributed by atoms with Crippen LogP contribution in [0.25, 0.3) is 0 Å². The number of carbonyl (C=O) groups is 3. The molecule has 0 aromatic carbocycles. The largest absolute Gasteiger partial charge is 0.478 e. The van der Waals surface area contributed by atoms with Crippen molar-refractivity contribution >= 4 is 18.2 Å². The molecule has 8 nitrogen and oxygen atoms in total. The summed E-state index contributed by atoms with van der Waals surface area (Å²) in [6.45, 7) is 3.12. The van der Waals surface area contributed by atoms with E-state index >= 15 is 0 Å². The molecular formula is C11H20O8. The lowest BCUT2D eigenvalue weighted by Crippen LogP contribution is -2.11. The monoisotopic (exact) mass is 280 g/mol. The Morgan fingerprint density at radius 3 is 1.58 bits per heavy atom. The molecule has 0 unspecified atom stereocenters. The molecule has 8 heteroatoms. The molecule has 0 aliphatic carbocycles. The Morgan fingerprint density at radius 1 is 1.05 bits per heavy atom. The number of carboxylic acid groups (broad SMARTS) is 2. The summed E-state index contributed by atoms with van der Waals surface area (Å²) in [7, 11) is 0.